The molecule has 334 valence electrons. The maximum Gasteiger partial charge on any atom is 0.140 e. The van der Waals surface area contributed by atoms with E-state index in [0.717, 1.165) is 78.3 Å². The lowest BCUT2D eigenvalue weighted by Gasteiger charge is -2.40. The smallest absolute Gasteiger partial charge is 0.140 e. The van der Waals surface area contributed by atoms with Gasteiger partial charge in [-0.2, -0.15) is 0 Å². The van der Waals surface area contributed by atoms with Gasteiger partial charge in [-0.3, -0.25) is 0 Å². The summed E-state index contributed by atoms with van der Waals surface area (Å²) in [4.78, 5) is 0. The highest BCUT2D eigenvalue weighted by atomic mass is 16.5. The number of hydrogen-bond acceptors (Lipinski definition) is 2. The number of benzene rings is 12. The second-order valence-electron chi connectivity index (χ2n) is 19.7. The van der Waals surface area contributed by atoms with Gasteiger partial charge in [0.2, 0.25) is 0 Å². The van der Waals surface area contributed by atoms with E-state index in [9.17, 15) is 0 Å². The first-order valence-corrected chi connectivity index (χ1v) is 25.0. The van der Waals surface area contributed by atoms with Crippen LogP contribution in [0.4, 0.5) is 0 Å². The van der Waals surface area contributed by atoms with Gasteiger partial charge in [0.25, 0.3) is 0 Å². The van der Waals surface area contributed by atoms with Gasteiger partial charge in [0.05, 0.1) is 10.8 Å². The zero-order chi connectivity index (χ0) is 47.1. The zero-order valence-electron chi connectivity index (χ0n) is 39.1. The summed E-state index contributed by atoms with van der Waals surface area (Å²) >= 11 is 0. The van der Waals surface area contributed by atoms with E-state index >= 15 is 0 Å². The summed E-state index contributed by atoms with van der Waals surface area (Å²) in [5, 5.41) is 4.67. The van der Waals surface area contributed by atoms with E-state index in [-0.39, 0.29) is 0 Å². The summed E-state index contributed by atoms with van der Waals surface area (Å²) in [6, 6.07) is 93.7. The molecule has 12 aromatic rings. The first kappa shape index (κ1) is 39.6. The molecule has 16 rings (SSSR count). The van der Waals surface area contributed by atoms with Crippen LogP contribution in [-0.4, -0.2) is 0 Å². The van der Waals surface area contributed by atoms with Crippen molar-refractivity contribution in [1.29, 1.82) is 0 Å². The van der Waals surface area contributed by atoms with Crippen LogP contribution in [0.1, 0.15) is 44.5 Å². The van der Waals surface area contributed by atoms with Crippen molar-refractivity contribution in [3.63, 3.8) is 0 Å². The Balaban J connectivity index is 0.982. The van der Waals surface area contributed by atoms with Gasteiger partial charge in [-0.15, -0.1) is 0 Å². The second kappa shape index (κ2) is 14.6. The van der Waals surface area contributed by atoms with E-state index in [1.165, 1.54) is 66.4 Å². The molecule has 0 saturated carbocycles. The lowest BCUT2D eigenvalue weighted by Crippen LogP contribution is -2.32. The molecule has 0 radical (unpaired) electrons. The lowest BCUT2D eigenvalue weighted by molar-refractivity contribution is 0.438. The minimum absolute atomic E-state index is 0.574. The largest absolute Gasteiger partial charge is 0.456 e. The Kier molecular flexibility index (Phi) is 8.05. The Bertz CT molecular complexity index is 3950. The number of rotatable bonds is 3. The van der Waals surface area contributed by atoms with Crippen molar-refractivity contribution in [2.45, 2.75) is 10.8 Å². The molecule has 2 nitrogen and oxygen atoms in total. The van der Waals surface area contributed by atoms with Gasteiger partial charge in [0.1, 0.15) is 23.0 Å². The van der Waals surface area contributed by atoms with Crippen LogP contribution in [0.15, 0.2) is 255 Å². The predicted molar refractivity (Wildman–Crippen MR) is 293 cm³/mol. The average Bonchev–Trinajstić information content (AvgIpc) is 3.90. The van der Waals surface area contributed by atoms with Crippen LogP contribution in [0, 0.1) is 0 Å². The van der Waals surface area contributed by atoms with Crippen LogP contribution in [-0.2, 0) is 10.8 Å². The fourth-order valence-electron chi connectivity index (χ4n) is 13.7. The normalized spacial score (nSPS) is 14.3. The van der Waals surface area contributed by atoms with Gasteiger partial charge in [0.15, 0.2) is 0 Å². The first-order chi connectivity index (χ1) is 35.7. The molecular weight excluding hydrogens is 873 g/mol. The maximum absolute atomic E-state index is 7.29. The third-order valence-electron chi connectivity index (χ3n) is 16.4. The summed E-state index contributed by atoms with van der Waals surface area (Å²) in [6.07, 6.45) is 0. The summed E-state index contributed by atoms with van der Waals surface area (Å²) in [5.74, 6) is 3.53. The van der Waals surface area contributed by atoms with Crippen molar-refractivity contribution in [2.24, 2.45) is 0 Å². The van der Waals surface area contributed by atoms with Crippen molar-refractivity contribution in [3.8, 4) is 78.6 Å². The maximum atomic E-state index is 7.29. The number of ether oxygens (including phenoxy) is 2. The molecule has 0 amide bonds. The van der Waals surface area contributed by atoms with Gasteiger partial charge in [-0.1, -0.05) is 237 Å². The van der Waals surface area contributed by atoms with Gasteiger partial charge in [0, 0.05) is 33.4 Å². The van der Waals surface area contributed by atoms with Crippen molar-refractivity contribution in [3.05, 3.63) is 299 Å². The molecule has 72 heavy (non-hydrogen) atoms. The van der Waals surface area contributed by atoms with Crippen LogP contribution < -0.4 is 9.47 Å². The van der Waals surface area contributed by atoms with Gasteiger partial charge in [-0.05, 0) is 107 Å². The number of hydrogen-bond donors (Lipinski definition) is 0. The van der Waals surface area contributed by atoms with Gasteiger partial charge in [-0.25, -0.2) is 0 Å². The third kappa shape index (κ3) is 4.98. The summed E-state index contributed by atoms with van der Waals surface area (Å²) in [6.45, 7) is 0. The van der Waals surface area contributed by atoms with E-state index in [4.69, 9.17) is 9.47 Å². The van der Waals surface area contributed by atoms with E-state index in [2.05, 4.69) is 255 Å². The van der Waals surface area contributed by atoms with Crippen LogP contribution in [0.3, 0.4) is 0 Å². The standard InChI is InChI=1S/C70H42O2/c1-2-20-43(21-3-1)66-50-28-16-26-44(52-30-18-38-62-67(52)71-64-40-14-12-36-60(64)69(62)56-32-8-4-22-46(56)47-23-5-9-33-57(47)69)54(50)42-55-45(27-17-29-51(55)66)53-31-19-39-63-68(53)72-65-41-15-13-37-61(65)70(63)58-34-10-6-24-48(58)49-25-7-11-35-59(49)70/h1-42H. The Hall–Kier alpha value is -9.24. The van der Waals surface area contributed by atoms with Crippen LogP contribution in [0.5, 0.6) is 23.0 Å². The molecule has 0 bridgehead atoms. The average molecular weight is 915 g/mol. The summed E-state index contributed by atoms with van der Waals surface area (Å²) in [7, 11) is 0. The minimum Gasteiger partial charge on any atom is -0.456 e. The molecule has 2 heterocycles. The highest BCUT2D eigenvalue weighted by Gasteiger charge is 2.53. The molecule has 0 aromatic heterocycles. The molecule has 0 saturated heterocycles. The fraction of sp³-hybridized carbons (Fsp3) is 0.0286. The molecule has 0 unspecified atom stereocenters. The molecule has 2 spiro atoms. The Morgan fingerprint density at radius 3 is 0.972 bits per heavy atom. The van der Waals surface area contributed by atoms with Crippen LogP contribution in [0.25, 0.3) is 77.2 Å². The van der Waals surface area contributed by atoms with Crippen molar-refractivity contribution < 1.29 is 9.47 Å². The fourth-order valence-corrected chi connectivity index (χ4v) is 13.7. The number of fused-ring (bicyclic) bond motifs is 20. The van der Waals surface area contributed by atoms with Gasteiger partial charge < -0.3 is 9.47 Å². The minimum atomic E-state index is -0.574. The summed E-state index contributed by atoms with van der Waals surface area (Å²) in [5.41, 5.74) is 20.4. The first-order valence-electron chi connectivity index (χ1n) is 25.0. The molecular formula is C70H42O2. The molecule has 2 aliphatic carbocycles. The van der Waals surface area contributed by atoms with Crippen LogP contribution >= 0.6 is 0 Å². The highest BCUT2D eigenvalue weighted by molar-refractivity contribution is 6.19. The topological polar surface area (TPSA) is 18.5 Å². The van der Waals surface area contributed by atoms with E-state index in [1.54, 1.807) is 0 Å². The van der Waals surface area contributed by atoms with Crippen LogP contribution in [0.2, 0.25) is 0 Å². The molecule has 2 aliphatic heterocycles. The Morgan fingerprint density at radius 2 is 0.542 bits per heavy atom. The Morgan fingerprint density at radius 1 is 0.222 bits per heavy atom. The van der Waals surface area contributed by atoms with E-state index < -0.39 is 10.8 Å². The molecule has 4 aliphatic rings. The van der Waals surface area contributed by atoms with Crippen molar-refractivity contribution in [1.82, 2.24) is 0 Å². The molecule has 12 aromatic carbocycles. The molecule has 0 atom stereocenters. The molecule has 0 fully saturated rings. The SMILES string of the molecule is c1ccc(-c2c3cccc(-c4cccc5c4Oc4ccccc4C54c5ccccc5-c5ccccc54)c3cc3c(-c4cccc5c4Oc4ccccc4C54c5ccccc5-c5ccccc54)cccc23)cc1. The monoisotopic (exact) mass is 914 g/mol. The lowest BCUT2D eigenvalue weighted by atomic mass is 9.65. The van der Waals surface area contributed by atoms with Crippen molar-refractivity contribution >= 4 is 21.5 Å². The summed E-state index contributed by atoms with van der Waals surface area (Å²) < 4.78 is 14.6. The quantitative estimate of drug-likeness (QED) is 0.164. The highest BCUT2D eigenvalue weighted by Crippen LogP contribution is 2.65. The molecule has 0 N–H and O–H groups in total. The Labute approximate surface area is 417 Å². The predicted octanol–water partition coefficient (Wildman–Crippen LogP) is 17.9. The van der Waals surface area contributed by atoms with Crippen molar-refractivity contribution in [2.75, 3.05) is 0 Å². The number of para-hydroxylation sites is 4. The second-order valence-corrected chi connectivity index (χ2v) is 19.7. The van der Waals surface area contributed by atoms with E-state index in [0.29, 0.717) is 0 Å². The molecule has 2 heteroatoms. The third-order valence-corrected chi connectivity index (χ3v) is 16.4. The zero-order valence-corrected chi connectivity index (χ0v) is 39.1. The van der Waals surface area contributed by atoms with Gasteiger partial charge >= 0.3 is 0 Å². The van der Waals surface area contributed by atoms with E-state index in [1.807, 2.05) is 0 Å².